The molecular formula is C19H23F3N2O3. The highest BCUT2D eigenvalue weighted by atomic mass is 19.4. The number of benzene rings is 1. The summed E-state index contributed by atoms with van der Waals surface area (Å²) in [6.45, 7) is 3.04. The number of aliphatic hydroxyl groups is 1. The number of nitrogens with zero attached hydrogens (tertiary/aromatic N) is 2. The van der Waals surface area contributed by atoms with Gasteiger partial charge in [-0.25, -0.2) is 0 Å². The lowest BCUT2D eigenvalue weighted by molar-refractivity contribution is -0.318. The van der Waals surface area contributed by atoms with E-state index in [4.69, 9.17) is 4.74 Å². The number of fused-ring (bicyclic) bond motifs is 1. The molecule has 3 atom stereocenters. The summed E-state index contributed by atoms with van der Waals surface area (Å²) in [4.78, 5) is 12.5. The maximum absolute atomic E-state index is 13.8. The van der Waals surface area contributed by atoms with Crippen LogP contribution in [0.2, 0.25) is 0 Å². The van der Waals surface area contributed by atoms with Gasteiger partial charge < -0.3 is 9.84 Å². The fraction of sp³-hybridized carbons (Fsp3) is 0.579. The van der Waals surface area contributed by atoms with Crippen molar-refractivity contribution in [2.24, 2.45) is 16.9 Å². The molecule has 1 aliphatic heterocycles. The van der Waals surface area contributed by atoms with Gasteiger partial charge in [0.05, 0.1) is 5.92 Å². The largest absolute Gasteiger partial charge is 0.483 e. The first-order chi connectivity index (χ1) is 12.7. The van der Waals surface area contributed by atoms with Gasteiger partial charge in [-0.1, -0.05) is 31.5 Å². The summed E-state index contributed by atoms with van der Waals surface area (Å²) < 4.78 is 46.9. The van der Waals surface area contributed by atoms with Crippen molar-refractivity contribution in [2.75, 3.05) is 6.61 Å². The highest BCUT2D eigenvalue weighted by molar-refractivity contribution is 5.93. The molecule has 1 aliphatic carbocycles. The van der Waals surface area contributed by atoms with E-state index in [1.165, 1.54) is 0 Å². The Kier molecular flexibility index (Phi) is 5.20. The second-order valence-electron chi connectivity index (χ2n) is 7.18. The molecule has 3 rings (SSSR count). The summed E-state index contributed by atoms with van der Waals surface area (Å²) in [7, 11) is 0. The van der Waals surface area contributed by atoms with Crippen molar-refractivity contribution in [3.63, 3.8) is 0 Å². The molecule has 8 heteroatoms. The Morgan fingerprint density at radius 3 is 2.74 bits per heavy atom. The quantitative estimate of drug-likeness (QED) is 0.862. The molecule has 1 fully saturated rings. The Balaban J connectivity index is 1.83. The number of halogens is 3. The van der Waals surface area contributed by atoms with E-state index in [2.05, 4.69) is 5.10 Å². The number of carbonyl (C=O) groups is 1. The molecule has 0 radical (unpaired) electrons. The minimum absolute atomic E-state index is 0.0705. The first-order valence-corrected chi connectivity index (χ1v) is 9.06. The number of aryl methyl sites for hydroxylation is 1. The normalized spacial score (nSPS) is 27.9. The Morgan fingerprint density at radius 1 is 1.41 bits per heavy atom. The number of ether oxygens (including phenoxy) is 1. The van der Waals surface area contributed by atoms with Crippen LogP contribution in [-0.2, 0) is 4.79 Å². The predicted molar refractivity (Wildman–Crippen MR) is 93.1 cm³/mol. The van der Waals surface area contributed by atoms with Crippen LogP contribution in [0.1, 0.15) is 38.2 Å². The van der Waals surface area contributed by atoms with Gasteiger partial charge in [0.15, 0.2) is 6.61 Å². The first-order valence-electron chi connectivity index (χ1n) is 9.06. The Bertz CT molecular complexity index is 750. The van der Waals surface area contributed by atoms with E-state index in [1.807, 2.05) is 6.92 Å². The zero-order chi connectivity index (χ0) is 19.8. The van der Waals surface area contributed by atoms with Crippen LogP contribution >= 0.6 is 0 Å². The van der Waals surface area contributed by atoms with Crippen molar-refractivity contribution >= 4 is 11.6 Å². The van der Waals surface area contributed by atoms with Crippen LogP contribution in [0.3, 0.4) is 0 Å². The van der Waals surface area contributed by atoms with Crippen LogP contribution in [-0.4, -0.2) is 40.2 Å². The number of hydrazone groups is 1. The molecule has 0 spiro atoms. The van der Waals surface area contributed by atoms with Crippen LogP contribution in [0.5, 0.6) is 5.75 Å². The van der Waals surface area contributed by atoms with Crippen molar-refractivity contribution in [3.05, 3.63) is 29.8 Å². The van der Waals surface area contributed by atoms with Gasteiger partial charge in [0.2, 0.25) is 0 Å². The van der Waals surface area contributed by atoms with E-state index in [0.717, 1.165) is 12.0 Å². The number of rotatable bonds is 4. The van der Waals surface area contributed by atoms with Crippen LogP contribution < -0.4 is 4.74 Å². The van der Waals surface area contributed by atoms with Crippen molar-refractivity contribution in [3.8, 4) is 5.75 Å². The third-order valence-electron chi connectivity index (χ3n) is 5.49. The summed E-state index contributed by atoms with van der Waals surface area (Å²) in [6.07, 6.45) is -3.07. The minimum atomic E-state index is -5.02. The minimum Gasteiger partial charge on any atom is -0.483 e. The van der Waals surface area contributed by atoms with Crippen molar-refractivity contribution < 1.29 is 27.8 Å². The average Bonchev–Trinajstić information content (AvgIpc) is 2.94. The van der Waals surface area contributed by atoms with E-state index in [-0.39, 0.29) is 23.1 Å². The van der Waals surface area contributed by atoms with E-state index < -0.39 is 30.3 Å². The van der Waals surface area contributed by atoms with Gasteiger partial charge in [-0.2, -0.15) is 23.3 Å². The zero-order valence-corrected chi connectivity index (χ0v) is 15.3. The second-order valence-corrected chi connectivity index (χ2v) is 7.18. The molecule has 0 bridgehead atoms. The van der Waals surface area contributed by atoms with Gasteiger partial charge in [-0.05, 0) is 43.7 Å². The second kappa shape index (κ2) is 7.14. The van der Waals surface area contributed by atoms with Crippen LogP contribution in [0, 0.1) is 18.8 Å². The number of hydrogen-bond acceptors (Lipinski definition) is 4. The summed E-state index contributed by atoms with van der Waals surface area (Å²) >= 11 is 0. The molecule has 27 heavy (non-hydrogen) atoms. The SMILES string of the molecule is CC[C@H]1CCC2=NN(C(=O)COc3ccccc3C)[C@](O)(C(F)(F)F)[C@@H]2C1. The van der Waals surface area contributed by atoms with E-state index >= 15 is 0 Å². The van der Waals surface area contributed by atoms with Crippen molar-refractivity contribution in [1.29, 1.82) is 0 Å². The summed E-state index contributed by atoms with van der Waals surface area (Å²) in [6, 6.07) is 6.88. The van der Waals surface area contributed by atoms with Gasteiger partial charge in [-0.3, -0.25) is 4.79 Å². The van der Waals surface area contributed by atoms with Crippen LogP contribution in [0.15, 0.2) is 29.4 Å². The van der Waals surface area contributed by atoms with Gasteiger partial charge in [0.25, 0.3) is 11.6 Å². The van der Waals surface area contributed by atoms with E-state index in [9.17, 15) is 23.1 Å². The Hall–Kier alpha value is -2.09. The molecule has 1 aromatic carbocycles. The number of carbonyl (C=O) groups excluding carboxylic acids is 1. The van der Waals surface area contributed by atoms with Crippen LogP contribution in [0.25, 0.3) is 0 Å². The molecule has 2 aliphatic rings. The van der Waals surface area contributed by atoms with E-state index in [1.54, 1.807) is 31.2 Å². The van der Waals surface area contributed by atoms with Gasteiger partial charge in [0, 0.05) is 5.71 Å². The van der Waals surface area contributed by atoms with Crippen LogP contribution in [0.4, 0.5) is 13.2 Å². The highest BCUT2D eigenvalue weighted by Crippen LogP contribution is 2.49. The highest BCUT2D eigenvalue weighted by Gasteiger charge is 2.68. The predicted octanol–water partition coefficient (Wildman–Crippen LogP) is 3.65. The monoisotopic (exact) mass is 384 g/mol. The summed E-state index contributed by atoms with van der Waals surface area (Å²) in [5, 5.41) is 14.7. The lowest BCUT2D eigenvalue weighted by atomic mass is 9.74. The standard InChI is InChI=1S/C19H23F3N2O3/c1-3-13-8-9-15-14(10-13)18(26,19(20,21)22)24(23-15)17(25)11-27-16-7-5-4-6-12(16)2/h4-7,13-14,26H,3,8-11H2,1-2H3/t13-,14+,18+/m0/s1. The maximum atomic E-state index is 13.8. The molecule has 5 nitrogen and oxygen atoms in total. The third-order valence-corrected chi connectivity index (χ3v) is 5.49. The average molecular weight is 384 g/mol. The third kappa shape index (κ3) is 3.42. The molecule has 1 saturated carbocycles. The fourth-order valence-corrected chi connectivity index (χ4v) is 3.84. The molecule has 1 N–H and O–H groups in total. The number of hydrogen-bond donors (Lipinski definition) is 1. The smallest absolute Gasteiger partial charge is 0.439 e. The zero-order valence-electron chi connectivity index (χ0n) is 15.3. The fourth-order valence-electron chi connectivity index (χ4n) is 3.84. The molecule has 0 aromatic heterocycles. The lowest BCUT2D eigenvalue weighted by Gasteiger charge is -2.39. The molecule has 1 amide bonds. The topological polar surface area (TPSA) is 62.1 Å². The maximum Gasteiger partial charge on any atom is 0.439 e. The molecular weight excluding hydrogens is 361 g/mol. The number of alkyl halides is 3. The van der Waals surface area contributed by atoms with E-state index in [0.29, 0.717) is 18.6 Å². The number of para-hydroxylation sites is 1. The van der Waals surface area contributed by atoms with Crippen molar-refractivity contribution in [2.45, 2.75) is 51.4 Å². The van der Waals surface area contributed by atoms with Gasteiger partial charge in [-0.15, -0.1) is 0 Å². The molecule has 0 unspecified atom stereocenters. The van der Waals surface area contributed by atoms with Gasteiger partial charge in [0.1, 0.15) is 5.75 Å². The summed E-state index contributed by atoms with van der Waals surface area (Å²) in [5.74, 6) is -1.77. The molecule has 0 saturated heterocycles. The van der Waals surface area contributed by atoms with Gasteiger partial charge >= 0.3 is 6.18 Å². The molecule has 148 valence electrons. The Labute approximate surface area is 155 Å². The molecule has 1 heterocycles. The number of amides is 1. The van der Waals surface area contributed by atoms with Crippen molar-refractivity contribution in [1.82, 2.24) is 5.01 Å². The lowest BCUT2D eigenvalue weighted by Crippen LogP contribution is -2.62. The Morgan fingerprint density at radius 2 is 2.11 bits per heavy atom. The molecule has 1 aromatic rings. The summed E-state index contributed by atoms with van der Waals surface area (Å²) in [5.41, 5.74) is -2.32. The first kappa shape index (κ1) is 19.7.